The number of methoxy groups -OCH3 is 2. The van der Waals surface area contributed by atoms with Crippen molar-refractivity contribution in [1.82, 2.24) is 5.32 Å². The average molecular weight is 278 g/mol. The molecule has 0 radical (unpaired) electrons. The van der Waals surface area contributed by atoms with Crippen molar-refractivity contribution in [2.45, 2.75) is 6.42 Å². The largest absolute Gasteiger partial charge is 0.545 e. The van der Waals surface area contributed by atoms with E-state index in [2.05, 4.69) is 5.32 Å². The molecule has 0 saturated carbocycles. The molecule has 1 aromatic carbocycles. The highest BCUT2D eigenvalue weighted by atomic mass is 16.5. The Morgan fingerprint density at radius 3 is 2.50 bits per heavy atom. The molecular weight excluding hydrogens is 262 g/mol. The Balaban J connectivity index is 2.50. The van der Waals surface area contributed by atoms with Crippen LogP contribution in [0, 0.1) is 0 Å². The Kier molecular flexibility index (Phi) is 6.09. The summed E-state index contributed by atoms with van der Waals surface area (Å²) in [6.07, 6.45) is 2.20. The van der Waals surface area contributed by atoms with Gasteiger partial charge in [-0.05, 0) is 30.2 Å². The number of amides is 1. The molecule has 0 saturated heterocycles. The summed E-state index contributed by atoms with van der Waals surface area (Å²) in [7, 11) is 3.11. The number of carboxylic acid groups (broad SMARTS) is 1. The van der Waals surface area contributed by atoms with E-state index in [1.165, 1.54) is 0 Å². The fraction of sp³-hybridized carbons (Fsp3) is 0.286. The Labute approximate surface area is 117 Å². The van der Waals surface area contributed by atoms with Gasteiger partial charge in [0.05, 0.1) is 20.2 Å². The maximum absolute atomic E-state index is 11.2. The highest BCUT2D eigenvalue weighted by Gasteiger charge is 2.04. The summed E-state index contributed by atoms with van der Waals surface area (Å²) in [5.41, 5.74) is 0.965. The predicted molar refractivity (Wildman–Crippen MR) is 70.4 cm³/mol. The Morgan fingerprint density at radius 2 is 1.90 bits per heavy atom. The van der Waals surface area contributed by atoms with E-state index in [9.17, 15) is 14.7 Å². The molecule has 6 nitrogen and oxygen atoms in total. The molecule has 0 aliphatic rings. The van der Waals surface area contributed by atoms with Crippen LogP contribution in [0.4, 0.5) is 0 Å². The summed E-state index contributed by atoms with van der Waals surface area (Å²) in [5.74, 6) is -0.625. The van der Waals surface area contributed by atoms with E-state index in [4.69, 9.17) is 9.47 Å². The lowest BCUT2D eigenvalue weighted by atomic mass is 10.1. The van der Waals surface area contributed by atoms with Crippen molar-refractivity contribution in [2.75, 3.05) is 20.8 Å². The van der Waals surface area contributed by atoms with E-state index >= 15 is 0 Å². The number of carbonyl (C=O) groups is 2. The van der Waals surface area contributed by atoms with Gasteiger partial charge in [0.2, 0.25) is 5.91 Å². The van der Waals surface area contributed by atoms with Crippen LogP contribution in [0.1, 0.15) is 5.56 Å². The van der Waals surface area contributed by atoms with Crippen molar-refractivity contribution in [3.05, 3.63) is 35.9 Å². The third-order valence-electron chi connectivity index (χ3n) is 2.53. The minimum Gasteiger partial charge on any atom is -0.545 e. The van der Waals surface area contributed by atoms with Gasteiger partial charge in [-0.2, -0.15) is 0 Å². The van der Waals surface area contributed by atoms with Gasteiger partial charge in [0.15, 0.2) is 11.5 Å². The highest BCUT2D eigenvalue weighted by Crippen LogP contribution is 2.27. The Hall–Kier alpha value is -2.50. The first kappa shape index (κ1) is 15.6. The molecule has 0 atom stereocenters. The lowest BCUT2D eigenvalue weighted by molar-refractivity contribution is -0.297. The number of carboxylic acids is 1. The van der Waals surface area contributed by atoms with E-state index in [0.29, 0.717) is 30.5 Å². The van der Waals surface area contributed by atoms with Crippen LogP contribution in [0.2, 0.25) is 0 Å². The van der Waals surface area contributed by atoms with Gasteiger partial charge in [-0.15, -0.1) is 0 Å². The predicted octanol–water partition coefficient (Wildman–Crippen LogP) is -0.331. The van der Waals surface area contributed by atoms with Crippen LogP contribution >= 0.6 is 0 Å². The number of nitrogens with one attached hydrogen (secondary N) is 1. The zero-order valence-electron chi connectivity index (χ0n) is 11.3. The monoisotopic (exact) mass is 278 g/mol. The Morgan fingerprint density at radius 1 is 1.20 bits per heavy atom. The van der Waals surface area contributed by atoms with Crippen LogP contribution in [0.15, 0.2) is 30.4 Å². The van der Waals surface area contributed by atoms with E-state index in [-0.39, 0.29) is 0 Å². The summed E-state index contributed by atoms with van der Waals surface area (Å²) in [6, 6.07) is 5.47. The van der Waals surface area contributed by atoms with Gasteiger partial charge in [-0.3, -0.25) is 4.79 Å². The fourth-order valence-electron chi connectivity index (χ4n) is 1.57. The zero-order chi connectivity index (χ0) is 15.0. The summed E-state index contributed by atoms with van der Waals surface area (Å²) < 4.78 is 10.3. The number of carbonyl (C=O) groups excluding carboxylic acids is 2. The van der Waals surface area contributed by atoms with E-state index < -0.39 is 11.9 Å². The number of hydrogen-bond donors (Lipinski definition) is 1. The molecule has 1 rings (SSSR count). The minimum atomic E-state index is -1.40. The third-order valence-corrected chi connectivity index (χ3v) is 2.53. The van der Waals surface area contributed by atoms with Crippen molar-refractivity contribution in [2.24, 2.45) is 0 Å². The first-order valence-corrected chi connectivity index (χ1v) is 5.94. The smallest absolute Gasteiger partial charge is 0.244 e. The van der Waals surface area contributed by atoms with E-state index in [1.54, 1.807) is 20.3 Å². The number of rotatable bonds is 7. The summed E-state index contributed by atoms with van der Waals surface area (Å²) in [4.78, 5) is 21.4. The molecule has 1 amide bonds. The summed E-state index contributed by atoms with van der Waals surface area (Å²) >= 11 is 0. The molecule has 0 aliphatic carbocycles. The van der Waals surface area contributed by atoms with Gasteiger partial charge in [0.1, 0.15) is 0 Å². The van der Waals surface area contributed by atoms with Crippen LogP contribution in [0.3, 0.4) is 0 Å². The quantitative estimate of drug-likeness (QED) is 0.690. The van der Waals surface area contributed by atoms with Gasteiger partial charge in [0.25, 0.3) is 0 Å². The van der Waals surface area contributed by atoms with Crippen molar-refractivity contribution in [1.29, 1.82) is 0 Å². The van der Waals surface area contributed by atoms with Gasteiger partial charge in [0, 0.05) is 12.6 Å². The number of benzene rings is 1. The van der Waals surface area contributed by atoms with Gasteiger partial charge >= 0.3 is 0 Å². The van der Waals surface area contributed by atoms with Crippen molar-refractivity contribution in [3.63, 3.8) is 0 Å². The number of ether oxygens (including phenoxy) is 2. The molecule has 1 N–H and O–H groups in total. The minimum absolute atomic E-state index is 0.381. The average Bonchev–Trinajstić information content (AvgIpc) is 2.44. The molecule has 0 heterocycles. The topological polar surface area (TPSA) is 87.7 Å². The maximum atomic E-state index is 11.2. The molecule has 0 unspecified atom stereocenters. The first-order valence-electron chi connectivity index (χ1n) is 5.94. The second kappa shape index (κ2) is 7.83. The molecule has 108 valence electrons. The molecule has 0 aromatic heterocycles. The number of hydrogen-bond acceptors (Lipinski definition) is 5. The first-order chi connectivity index (χ1) is 9.56. The van der Waals surface area contributed by atoms with Crippen LogP contribution in [-0.2, 0) is 16.0 Å². The molecule has 20 heavy (non-hydrogen) atoms. The molecule has 0 fully saturated rings. The molecule has 0 bridgehead atoms. The van der Waals surface area contributed by atoms with Gasteiger partial charge in [-0.25, -0.2) is 0 Å². The molecule has 6 heteroatoms. The van der Waals surface area contributed by atoms with Crippen LogP contribution in [-0.4, -0.2) is 32.6 Å². The fourth-order valence-corrected chi connectivity index (χ4v) is 1.57. The number of aliphatic carboxylic acids is 1. The van der Waals surface area contributed by atoms with Crippen molar-refractivity contribution < 1.29 is 24.2 Å². The standard InChI is InChI=1S/C14H17NO5/c1-19-11-4-3-10(9-12(11)20-2)7-8-15-13(16)5-6-14(17)18/h3-6,9H,7-8H2,1-2H3,(H,15,16)(H,17,18)/p-1. The van der Waals surface area contributed by atoms with E-state index in [0.717, 1.165) is 11.6 Å². The maximum Gasteiger partial charge on any atom is 0.244 e. The van der Waals surface area contributed by atoms with Crippen molar-refractivity contribution >= 4 is 11.9 Å². The summed E-state index contributed by atoms with van der Waals surface area (Å²) in [5, 5.41) is 12.7. The normalized spacial score (nSPS) is 10.3. The second-order valence-corrected chi connectivity index (χ2v) is 3.88. The zero-order valence-corrected chi connectivity index (χ0v) is 11.3. The summed E-state index contributed by atoms with van der Waals surface area (Å²) in [6.45, 7) is 0.381. The molecule has 1 aromatic rings. The third kappa shape index (κ3) is 5.01. The van der Waals surface area contributed by atoms with Crippen LogP contribution in [0.5, 0.6) is 11.5 Å². The van der Waals surface area contributed by atoms with Gasteiger partial charge < -0.3 is 24.7 Å². The molecule has 0 spiro atoms. The highest BCUT2D eigenvalue weighted by molar-refractivity contribution is 5.93. The SMILES string of the molecule is COc1ccc(CCNC(=O)C=CC(=O)[O-])cc1OC. The van der Waals surface area contributed by atoms with Crippen molar-refractivity contribution in [3.8, 4) is 11.5 Å². The molecular formula is C14H16NO5-. The van der Waals surface area contributed by atoms with Crippen LogP contribution in [0.25, 0.3) is 0 Å². The van der Waals surface area contributed by atoms with Crippen LogP contribution < -0.4 is 19.9 Å². The lowest BCUT2D eigenvalue weighted by Crippen LogP contribution is -2.25. The Bertz CT molecular complexity index is 510. The van der Waals surface area contributed by atoms with Gasteiger partial charge in [-0.1, -0.05) is 6.07 Å². The van der Waals surface area contributed by atoms with E-state index in [1.807, 2.05) is 12.1 Å². The second-order valence-electron chi connectivity index (χ2n) is 3.88. The lowest BCUT2D eigenvalue weighted by Gasteiger charge is -2.09. The molecule has 0 aliphatic heterocycles.